The van der Waals surface area contributed by atoms with Crippen LogP contribution in [0, 0.1) is 0 Å². The van der Waals surface area contributed by atoms with E-state index in [1.807, 2.05) is 12.4 Å². The zero-order valence-corrected chi connectivity index (χ0v) is 58.2. The Morgan fingerprint density at radius 2 is 0.638 bits per heavy atom. The fraction of sp³-hybridized carbons (Fsp3) is 0.273. The summed E-state index contributed by atoms with van der Waals surface area (Å²) in [7, 11) is 0. The maximum atomic E-state index is 7.32. The second kappa shape index (κ2) is 21.0. The summed E-state index contributed by atoms with van der Waals surface area (Å²) in [5.74, 6) is 0.794. The first-order chi connectivity index (χ1) is 44.4. The van der Waals surface area contributed by atoms with Crippen LogP contribution in [0.2, 0.25) is 0 Å². The van der Waals surface area contributed by atoms with Gasteiger partial charge in [-0.05, 0) is 180 Å². The normalized spacial score (nSPS) is 13.2. The van der Waals surface area contributed by atoms with Crippen molar-refractivity contribution in [3.63, 3.8) is 0 Å². The zero-order valence-electron chi connectivity index (χ0n) is 58.2. The van der Waals surface area contributed by atoms with E-state index in [0.717, 1.165) is 106 Å². The maximum absolute atomic E-state index is 7.32. The Balaban J connectivity index is 1.28. The Morgan fingerprint density at radius 3 is 1.04 bits per heavy atom. The molecule has 0 amide bonds. The van der Waals surface area contributed by atoms with Gasteiger partial charge in [0.25, 0.3) is 0 Å². The highest BCUT2D eigenvalue weighted by Crippen LogP contribution is 2.53. The topological polar surface area (TPSA) is 53.7 Å². The number of furan rings is 1. The van der Waals surface area contributed by atoms with Gasteiger partial charge in [0.2, 0.25) is 0 Å². The highest BCUT2D eigenvalue weighted by Gasteiger charge is 2.35. The summed E-state index contributed by atoms with van der Waals surface area (Å²) in [6.45, 7) is 41.9. The van der Waals surface area contributed by atoms with Crippen LogP contribution in [0.15, 0.2) is 205 Å². The molecule has 0 atom stereocenters. The molecule has 470 valence electrons. The van der Waals surface area contributed by atoms with E-state index in [4.69, 9.17) is 9.40 Å². The largest absolute Gasteiger partial charge is 0.455 e. The van der Waals surface area contributed by atoms with Crippen LogP contribution in [-0.2, 0) is 32.5 Å². The van der Waals surface area contributed by atoms with Gasteiger partial charge >= 0.3 is 0 Å². The van der Waals surface area contributed by atoms with Gasteiger partial charge in [-0.2, -0.15) is 0 Å². The zero-order chi connectivity index (χ0) is 66.1. The van der Waals surface area contributed by atoms with Crippen molar-refractivity contribution in [2.45, 2.75) is 157 Å². The average molecular weight is 1230 g/mol. The fourth-order valence-corrected chi connectivity index (χ4v) is 14.6. The number of fused-ring (bicyclic) bond motifs is 12. The predicted octanol–water partition coefficient (Wildman–Crippen LogP) is 24.5. The predicted molar refractivity (Wildman–Crippen MR) is 401 cm³/mol. The van der Waals surface area contributed by atoms with Gasteiger partial charge in [0.15, 0.2) is 5.82 Å². The Labute approximate surface area is 553 Å². The molecule has 15 aromatic rings. The van der Waals surface area contributed by atoms with Crippen molar-refractivity contribution in [2.75, 3.05) is 0 Å². The van der Waals surface area contributed by atoms with Crippen LogP contribution in [0.1, 0.15) is 158 Å². The first-order valence-corrected chi connectivity index (χ1v) is 33.7. The second-order valence-corrected chi connectivity index (χ2v) is 32.8. The molecule has 0 unspecified atom stereocenters. The Hall–Kier alpha value is -9.52. The third kappa shape index (κ3) is 9.79. The lowest BCUT2D eigenvalue weighted by Gasteiger charge is -2.28. The molecular weight excluding hydrogens is 1140 g/mol. The summed E-state index contributed by atoms with van der Waals surface area (Å²) < 4.78 is 15.0. The number of hydrogen-bond acceptors (Lipinski definition) is 3. The van der Waals surface area contributed by atoms with Crippen molar-refractivity contribution in [1.82, 2.24) is 23.7 Å². The van der Waals surface area contributed by atoms with E-state index < -0.39 is 0 Å². The van der Waals surface area contributed by atoms with Crippen LogP contribution < -0.4 is 0 Å². The molecule has 6 heteroatoms. The van der Waals surface area contributed by atoms with Crippen molar-refractivity contribution < 1.29 is 4.42 Å². The molecule has 15 rings (SSSR count). The van der Waals surface area contributed by atoms with Crippen molar-refractivity contribution in [3.05, 3.63) is 234 Å². The molecule has 0 N–H and O–H groups in total. The number of aromatic nitrogens is 5. The van der Waals surface area contributed by atoms with E-state index in [9.17, 15) is 0 Å². The van der Waals surface area contributed by atoms with Crippen molar-refractivity contribution in [1.29, 1.82) is 0 Å². The van der Waals surface area contributed by atoms with Crippen molar-refractivity contribution in [2.24, 2.45) is 0 Å². The number of benzene rings is 9. The van der Waals surface area contributed by atoms with Gasteiger partial charge in [0, 0.05) is 66.6 Å². The van der Waals surface area contributed by atoms with Crippen LogP contribution in [0.3, 0.4) is 0 Å². The van der Waals surface area contributed by atoms with Gasteiger partial charge in [-0.3, -0.25) is 9.55 Å². The molecule has 0 bridgehead atoms. The first kappa shape index (κ1) is 60.7. The van der Waals surface area contributed by atoms with Gasteiger partial charge in [-0.25, -0.2) is 4.98 Å². The molecule has 0 aliphatic rings. The van der Waals surface area contributed by atoms with Crippen molar-refractivity contribution in [3.8, 4) is 50.7 Å². The molecule has 0 fully saturated rings. The standard InChI is InChI=1S/C88H87N5O/c1-83(2,3)53-30-36-70-64(46-53)65-47-54(84(4,5)6)31-37-71(65)91(70)79-77(61-26-20-19-24-59(61)52-42-44-89-45-43-52)80(92-72-38-32-55(85(7,8)9)48-66(72)67-49-56(86(10,11)12)33-39-73(67)92)82(90-78(79)63-28-23-27-62-60-25-21-22-29-76(60)94-81(62)63)93-74-40-34-57(87(13,14)15)50-68(74)69-51-58(88(16,17)18)35-41-75(69)93/h19-51H,1-18H3. The summed E-state index contributed by atoms with van der Waals surface area (Å²) in [6, 6.07) is 71.8. The van der Waals surface area contributed by atoms with Crippen LogP contribution in [0.5, 0.6) is 0 Å². The molecule has 6 aromatic heterocycles. The lowest BCUT2D eigenvalue weighted by atomic mass is 9.85. The minimum absolute atomic E-state index is 0.123. The van der Waals surface area contributed by atoms with Gasteiger partial charge < -0.3 is 13.6 Å². The number of pyridine rings is 2. The molecular formula is C88H87N5O. The molecule has 94 heavy (non-hydrogen) atoms. The molecule has 0 saturated heterocycles. The van der Waals surface area contributed by atoms with Gasteiger partial charge in [0.1, 0.15) is 16.9 Å². The SMILES string of the molecule is CC(C)(C)c1ccc2c(c1)c1cc(C(C)(C)C)ccc1n2-c1nc(-c2cccc3c2oc2ccccc23)c(-n2c3ccc(C(C)(C)C)cc3c3cc(C(C)(C)C)ccc32)c(-c2ccccc2-c2ccncc2)c1-n1c2ccc(C(C)(C)C)cc2c2cc(C(C)(C)C)ccc21. The molecule has 0 aliphatic carbocycles. The molecule has 6 heterocycles. The van der Waals surface area contributed by atoms with Gasteiger partial charge in [0.05, 0.1) is 44.5 Å². The van der Waals surface area contributed by atoms with E-state index in [-0.39, 0.29) is 32.5 Å². The molecule has 6 nitrogen and oxygen atoms in total. The Morgan fingerprint density at radius 1 is 0.298 bits per heavy atom. The fourth-order valence-electron chi connectivity index (χ4n) is 14.6. The number of hydrogen-bond donors (Lipinski definition) is 0. The molecule has 0 saturated carbocycles. The van der Waals surface area contributed by atoms with E-state index >= 15 is 0 Å². The summed E-state index contributed by atoms with van der Waals surface area (Å²) >= 11 is 0. The molecule has 9 aromatic carbocycles. The first-order valence-electron chi connectivity index (χ1n) is 33.7. The summed E-state index contributed by atoms with van der Waals surface area (Å²) in [5, 5.41) is 9.22. The van der Waals surface area contributed by atoms with Crippen LogP contribution in [0.25, 0.3) is 138 Å². The Bertz CT molecular complexity index is 5380. The minimum Gasteiger partial charge on any atom is -0.455 e. The Kier molecular flexibility index (Phi) is 13.6. The summed E-state index contributed by atoms with van der Waals surface area (Å²) in [6.07, 6.45) is 3.85. The third-order valence-electron chi connectivity index (χ3n) is 20.1. The molecule has 0 aliphatic heterocycles. The molecule has 0 radical (unpaired) electrons. The summed E-state index contributed by atoms with van der Waals surface area (Å²) in [4.78, 5) is 11.3. The van der Waals surface area contributed by atoms with E-state index in [1.54, 1.807) is 0 Å². The number of nitrogens with zero attached hydrogens (tertiary/aromatic N) is 5. The van der Waals surface area contributed by atoms with E-state index in [0.29, 0.717) is 0 Å². The average Bonchev–Trinajstić information content (AvgIpc) is 1.46. The highest BCUT2D eigenvalue weighted by molar-refractivity contribution is 6.17. The van der Waals surface area contributed by atoms with Gasteiger partial charge in [-0.15, -0.1) is 0 Å². The van der Waals surface area contributed by atoms with E-state index in [2.05, 4.69) is 331 Å². The lowest BCUT2D eigenvalue weighted by molar-refractivity contribution is 0.590. The van der Waals surface area contributed by atoms with Crippen LogP contribution in [-0.4, -0.2) is 23.7 Å². The quantitative estimate of drug-likeness (QED) is 0.167. The third-order valence-corrected chi connectivity index (χ3v) is 20.1. The molecule has 0 spiro atoms. The minimum atomic E-state index is -0.130. The number of para-hydroxylation sites is 2. The van der Waals surface area contributed by atoms with E-state index in [1.165, 1.54) is 65.7 Å². The summed E-state index contributed by atoms with van der Waals surface area (Å²) in [5.41, 5.74) is 22.8. The highest BCUT2D eigenvalue weighted by atomic mass is 16.3. The van der Waals surface area contributed by atoms with Crippen molar-refractivity contribution >= 4 is 87.4 Å². The lowest BCUT2D eigenvalue weighted by Crippen LogP contribution is -2.15. The maximum Gasteiger partial charge on any atom is 0.163 e. The monoisotopic (exact) mass is 1230 g/mol. The number of rotatable bonds is 6. The van der Waals surface area contributed by atoms with Gasteiger partial charge in [-0.1, -0.05) is 216 Å². The van der Waals surface area contributed by atoms with Crippen LogP contribution >= 0.6 is 0 Å². The smallest absolute Gasteiger partial charge is 0.163 e. The van der Waals surface area contributed by atoms with Crippen LogP contribution in [0.4, 0.5) is 0 Å². The second-order valence-electron chi connectivity index (χ2n) is 32.8.